The average Bonchev–Trinajstić information content (AvgIpc) is 2.51. The van der Waals surface area contributed by atoms with Crippen molar-refractivity contribution in [1.82, 2.24) is 9.88 Å². The Morgan fingerprint density at radius 3 is 2.43 bits per heavy atom. The smallest absolute Gasteiger partial charge is 0.339 e. The first-order valence-electron chi connectivity index (χ1n) is 7.78. The Morgan fingerprint density at radius 1 is 1.30 bits per heavy atom. The van der Waals surface area contributed by atoms with Gasteiger partial charge in [-0.05, 0) is 32.9 Å². The topological polar surface area (TPSA) is 83.0 Å². The zero-order chi connectivity index (χ0) is 17.0. The zero-order valence-electron chi connectivity index (χ0n) is 13.7. The summed E-state index contributed by atoms with van der Waals surface area (Å²) in [6, 6.07) is 3.74. The Labute approximate surface area is 135 Å². The van der Waals surface area contributed by atoms with E-state index in [0.717, 1.165) is 5.82 Å². The largest absolute Gasteiger partial charge is 0.480 e. The highest BCUT2D eigenvalue weighted by atomic mass is 16.5. The zero-order valence-corrected chi connectivity index (χ0v) is 13.7. The molecule has 1 aliphatic rings. The number of carboxylic acids is 1. The van der Waals surface area contributed by atoms with Crippen LogP contribution in [-0.2, 0) is 9.53 Å². The number of hydrogen-bond acceptors (Lipinski definition) is 6. The lowest BCUT2D eigenvalue weighted by atomic mass is 10.1. The molecule has 2 heterocycles. The maximum Gasteiger partial charge on any atom is 0.339 e. The molecule has 126 valence electrons. The first kappa shape index (κ1) is 17.2. The summed E-state index contributed by atoms with van der Waals surface area (Å²) < 4.78 is 4.94. The van der Waals surface area contributed by atoms with Crippen LogP contribution in [-0.4, -0.2) is 65.3 Å². The standard InChI is InChI=1S/C16H23N3O4/c1-4-23-16(22)13-5-6-14(17-7-13)18-8-11(2)19(10-15(20)21)12(3)9-18/h5-7,11-12H,4,8-10H2,1-3H3,(H,20,21)/t11-,12+. The molecule has 1 aromatic heterocycles. The first-order valence-corrected chi connectivity index (χ1v) is 7.78. The van der Waals surface area contributed by atoms with Crippen LogP contribution in [0.2, 0.25) is 0 Å². The molecule has 0 spiro atoms. The molecule has 1 aliphatic heterocycles. The lowest BCUT2D eigenvalue weighted by Gasteiger charge is -2.44. The number of esters is 1. The lowest BCUT2D eigenvalue weighted by molar-refractivity contribution is -0.139. The van der Waals surface area contributed by atoms with Crippen LogP contribution < -0.4 is 4.90 Å². The molecular formula is C16H23N3O4. The third-order valence-electron chi connectivity index (χ3n) is 4.00. The van der Waals surface area contributed by atoms with Crippen molar-refractivity contribution in [2.75, 3.05) is 31.1 Å². The molecule has 2 atom stereocenters. The number of carbonyl (C=O) groups is 2. The summed E-state index contributed by atoms with van der Waals surface area (Å²) in [7, 11) is 0. The van der Waals surface area contributed by atoms with Gasteiger partial charge in [0.05, 0.1) is 18.7 Å². The van der Waals surface area contributed by atoms with Crippen LogP contribution in [0.25, 0.3) is 0 Å². The van der Waals surface area contributed by atoms with E-state index in [4.69, 9.17) is 9.84 Å². The van der Waals surface area contributed by atoms with E-state index in [1.54, 1.807) is 19.1 Å². The second-order valence-corrected chi connectivity index (χ2v) is 5.79. The van der Waals surface area contributed by atoms with E-state index < -0.39 is 5.97 Å². The maximum atomic E-state index is 11.6. The molecule has 0 bridgehead atoms. The Morgan fingerprint density at radius 2 is 1.96 bits per heavy atom. The number of aliphatic carboxylic acids is 1. The van der Waals surface area contributed by atoms with Crippen LogP contribution >= 0.6 is 0 Å². The summed E-state index contributed by atoms with van der Waals surface area (Å²) in [5.41, 5.74) is 0.432. The number of carbonyl (C=O) groups excluding carboxylic acids is 1. The van der Waals surface area contributed by atoms with Crippen molar-refractivity contribution in [3.63, 3.8) is 0 Å². The quantitative estimate of drug-likeness (QED) is 0.817. The number of piperazine rings is 1. The number of hydrogen-bond donors (Lipinski definition) is 1. The molecule has 0 radical (unpaired) electrons. The molecular weight excluding hydrogens is 298 g/mol. The van der Waals surface area contributed by atoms with Crippen molar-refractivity contribution < 1.29 is 19.4 Å². The summed E-state index contributed by atoms with van der Waals surface area (Å²) in [5, 5.41) is 9.00. The van der Waals surface area contributed by atoms with Gasteiger partial charge in [0.2, 0.25) is 0 Å². The normalized spacial score (nSPS) is 22.0. The fraction of sp³-hybridized carbons (Fsp3) is 0.562. The third-order valence-corrected chi connectivity index (χ3v) is 4.00. The number of anilines is 1. The molecule has 7 heteroatoms. The SMILES string of the molecule is CCOC(=O)c1ccc(N2C[C@@H](C)N(CC(=O)O)[C@@H](C)C2)nc1. The number of rotatable bonds is 5. The van der Waals surface area contributed by atoms with Crippen molar-refractivity contribution in [2.24, 2.45) is 0 Å². The Kier molecular flexibility index (Phi) is 5.54. The lowest BCUT2D eigenvalue weighted by Crippen LogP contribution is -2.58. The highest BCUT2D eigenvalue weighted by Gasteiger charge is 2.31. The van der Waals surface area contributed by atoms with Gasteiger partial charge in [-0.25, -0.2) is 9.78 Å². The minimum absolute atomic E-state index is 0.0470. The van der Waals surface area contributed by atoms with Crippen molar-refractivity contribution in [2.45, 2.75) is 32.9 Å². The van der Waals surface area contributed by atoms with Gasteiger partial charge in [-0.3, -0.25) is 9.69 Å². The predicted octanol–water partition coefficient (Wildman–Crippen LogP) is 1.24. The van der Waals surface area contributed by atoms with E-state index in [9.17, 15) is 9.59 Å². The van der Waals surface area contributed by atoms with Gasteiger partial charge >= 0.3 is 11.9 Å². The van der Waals surface area contributed by atoms with Crippen LogP contribution in [0.1, 0.15) is 31.1 Å². The molecule has 7 nitrogen and oxygen atoms in total. The molecule has 1 fully saturated rings. The van der Waals surface area contributed by atoms with Crippen LogP contribution in [0.5, 0.6) is 0 Å². The van der Waals surface area contributed by atoms with Gasteiger partial charge in [0.1, 0.15) is 5.82 Å². The van der Waals surface area contributed by atoms with Gasteiger partial charge < -0.3 is 14.7 Å². The van der Waals surface area contributed by atoms with Gasteiger partial charge in [-0.2, -0.15) is 0 Å². The number of nitrogens with zero attached hydrogens (tertiary/aromatic N) is 3. The van der Waals surface area contributed by atoms with E-state index in [1.807, 2.05) is 18.7 Å². The van der Waals surface area contributed by atoms with E-state index in [0.29, 0.717) is 25.3 Å². The maximum absolute atomic E-state index is 11.6. The summed E-state index contributed by atoms with van der Waals surface area (Å²) in [6.07, 6.45) is 1.52. The van der Waals surface area contributed by atoms with E-state index in [1.165, 1.54) is 6.20 Å². The van der Waals surface area contributed by atoms with Gasteiger partial charge in [-0.1, -0.05) is 0 Å². The monoisotopic (exact) mass is 321 g/mol. The highest BCUT2D eigenvalue weighted by molar-refractivity contribution is 5.89. The number of carboxylic acid groups (broad SMARTS) is 1. The summed E-state index contributed by atoms with van der Waals surface area (Å²) >= 11 is 0. The van der Waals surface area contributed by atoms with Crippen molar-refractivity contribution in [3.8, 4) is 0 Å². The van der Waals surface area contributed by atoms with Crippen molar-refractivity contribution in [1.29, 1.82) is 0 Å². The highest BCUT2D eigenvalue weighted by Crippen LogP contribution is 2.21. The molecule has 0 amide bonds. The van der Waals surface area contributed by atoms with Crippen LogP contribution in [0.15, 0.2) is 18.3 Å². The van der Waals surface area contributed by atoms with Crippen molar-refractivity contribution in [3.05, 3.63) is 23.9 Å². The minimum Gasteiger partial charge on any atom is -0.480 e. The summed E-state index contributed by atoms with van der Waals surface area (Å²) in [4.78, 5) is 31.0. The van der Waals surface area contributed by atoms with E-state index >= 15 is 0 Å². The Balaban J connectivity index is 2.06. The third kappa shape index (κ3) is 4.19. The summed E-state index contributed by atoms with van der Waals surface area (Å²) in [6.45, 7) is 7.57. The summed E-state index contributed by atoms with van der Waals surface area (Å²) in [5.74, 6) is -0.402. The second-order valence-electron chi connectivity index (χ2n) is 5.79. The fourth-order valence-electron chi connectivity index (χ4n) is 2.92. The van der Waals surface area contributed by atoms with Crippen LogP contribution in [0.3, 0.4) is 0 Å². The predicted molar refractivity (Wildman–Crippen MR) is 85.7 cm³/mol. The fourth-order valence-corrected chi connectivity index (χ4v) is 2.92. The number of aromatic nitrogens is 1. The van der Waals surface area contributed by atoms with E-state index in [2.05, 4.69) is 9.88 Å². The first-order chi connectivity index (χ1) is 10.9. The second kappa shape index (κ2) is 7.41. The molecule has 1 aromatic rings. The Hall–Kier alpha value is -2.15. The molecule has 1 saturated heterocycles. The van der Waals surface area contributed by atoms with Gasteiger partial charge in [0.15, 0.2) is 0 Å². The van der Waals surface area contributed by atoms with Gasteiger partial charge in [0.25, 0.3) is 0 Å². The van der Waals surface area contributed by atoms with Gasteiger partial charge in [0, 0.05) is 31.4 Å². The minimum atomic E-state index is -0.811. The van der Waals surface area contributed by atoms with Crippen LogP contribution in [0, 0.1) is 0 Å². The molecule has 0 saturated carbocycles. The molecule has 0 aromatic carbocycles. The van der Waals surface area contributed by atoms with Crippen LogP contribution in [0.4, 0.5) is 5.82 Å². The number of ether oxygens (including phenoxy) is 1. The van der Waals surface area contributed by atoms with Crippen molar-refractivity contribution >= 4 is 17.8 Å². The molecule has 0 unspecified atom stereocenters. The van der Waals surface area contributed by atoms with E-state index in [-0.39, 0.29) is 24.6 Å². The molecule has 1 N–H and O–H groups in total. The number of pyridine rings is 1. The average molecular weight is 321 g/mol. The molecule has 2 rings (SSSR count). The molecule has 0 aliphatic carbocycles. The van der Waals surface area contributed by atoms with Gasteiger partial charge in [-0.15, -0.1) is 0 Å². The Bertz CT molecular complexity index is 549. The molecule has 23 heavy (non-hydrogen) atoms.